The topological polar surface area (TPSA) is 38.3 Å². The van der Waals surface area contributed by atoms with E-state index in [-0.39, 0.29) is 12.0 Å². The van der Waals surface area contributed by atoms with Crippen molar-refractivity contribution in [2.24, 2.45) is 0 Å². The maximum atomic E-state index is 11.0. The Kier molecular flexibility index (Phi) is 7.29. The molecule has 0 aliphatic heterocycles. The highest BCUT2D eigenvalue weighted by Gasteiger charge is 2.15. The van der Waals surface area contributed by atoms with Crippen LogP contribution in [0.4, 0.5) is 0 Å². The molecule has 0 bridgehead atoms. The average molecular weight is 191 g/mol. The summed E-state index contributed by atoms with van der Waals surface area (Å²) >= 11 is 1.83. The molecular formula is C8H17NO2S. The van der Waals surface area contributed by atoms with Crippen molar-refractivity contribution in [2.45, 2.75) is 19.4 Å². The van der Waals surface area contributed by atoms with Crippen molar-refractivity contribution in [2.75, 3.05) is 25.7 Å². The Morgan fingerprint density at radius 1 is 1.67 bits per heavy atom. The van der Waals surface area contributed by atoms with E-state index < -0.39 is 0 Å². The van der Waals surface area contributed by atoms with Crippen LogP contribution in [0.5, 0.6) is 0 Å². The molecule has 0 aromatic rings. The number of carbonyl (C=O) groups is 1. The van der Waals surface area contributed by atoms with E-state index in [1.165, 1.54) is 7.11 Å². The zero-order valence-corrected chi connectivity index (χ0v) is 8.74. The summed E-state index contributed by atoms with van der Waals surface area (Å²) in [5.41, 5.74) is 0. The second-order valence-electron chi connectivity index (χ2n) is 2.35. The van der Waals surface area contributed by atoms with Crippen molar-refractivity contribution in [3.05, 3.63) is 0 Å². The molecular weight excluding hydrogens is 174 g/mol. The van der Waals surface area contributed by atoms with Crippen LogP contribution in [0.15, 0.2) is 0 Å². The van der Waals surface area contributed by atoms with E-state index in [1.807, 2.05) is 11.8 Å². The fraction of sp³-hybridized carbons (Fsp3) is 0.875. The number of likely N-dealkylation sites (N-methyl/N-ethyl adjacent to an activating group) is 1. The number of carbonyl (C=O) groups excluding carboxylic acids is 1. The first-order valence-electron chi connectivity index (χ1n) is 4.09. The molecule has 1 N–H and O–H groups in total. The molecule has 0 aliphatic rings. The zero-order valence-electron chi connectivity index (χ0n) is 7.92. The summed E-state index contributed by atoms with van der Waals surface area (Å²) in [7, 11) is 3.19. The predicted octanol–water partition coefficient (Wildman–Crippen LogP) is 0.891. The van der Waals surface area contributed by atoms with Gasteiger partial charge >= 0.3 is 5.97 Å². The van der Waals surface area contributed by atoms with Gasteiger partial charge in [-0.2, -0.15) is 11.8 Å². The van der Waals surface area contributed by atoms with Gasteiger partial charge in [-0.05, 0) is 25.0 Å². The molecule has 3 nitrogen and oxygen atoms in total. The van der Waals surface area contributed by atoms with Gasteiger partial charge in [0.15, 0.2) is 0 Å². The van der Waals surface area contributed by atoms with Crippen molar-refractivity contribution in [1.29, 1.82) is 0 Å². The molecule has 1 unspecified atom stereocenters. The monoisotopic (exact) mass is 191 g/mol. The summed E-state index contributed by atoms with van der Waals surface area (Å²) in [5, 5.41) is 2.92. The van der Waals surface area contributed by atoms with Crippen LogP contribution in [0.1, 0.15) is 13.3 Å². The first kappa shape index (κ1) is 11.8. The lowest BCUT2D eigenvalue weighted by atomic mass is 10.2. The van der Waals surface area contributed by atoms with Gasteiger partial charge in [0.05, 0.1) is 7.11 Å². The Bertz CT molecular complexity index is 130. The molecule has 1 atom stereocenters. The van der Waals surface area contributed by atoms with E-state index in [0.29, 0.717) is 0 Å². The minimum absolute atomic E-state index is 0.144. The fourth-order valence-electron chi connectivity index (χ4n) is 0.868. The third kappa shape index (κ3) is 4.62. The molecule has 72 valence electrons. The van der Waals surface area contributed by atoms with Crippen LogP contribution in [0, 0.1) is 0 Å². The van der Waals surface area contributed by atoms with Gasteiger partial charge in [0.2, 0.25) is 0 Å². The van der Waals surface area contributed by atoms with E-state index in [2.05, 4.69) is 17.0 Å². The highest BCUT2D eigenvalue weighted by Crippen LogP contribution is 2.04. The van der Waals surface area contributed by atoms with Gasteiger partial charge in [-0.1, -0.05) is 6.92 Å². The van der Waals surface area contributed by atoms with Crippen LogP contribution in [0.25, 0.3) is 0 Å². The summed E-state index contributed by atoms with van der Waals surface area (Å²) in [6.45, 7) is 2.11. The molecule has 0 saturated heterocycles. The van der Waals surface area contributed by atoms with Crippen molar-refractivity contribution < 1.29 is 9.53 Å². The highest BCUT2D eigenvalue weighted by molar-refractivity contribution is 7.99. The number of thioether (sulfide) groups is 1. The molecule has 0 saturated carbocycles. The molecule has 12 heavy (non-hydrogen) atoms. The van der Waals surface area contributed by atoms with Gasteiger partial charge in [0, 0.05) is 0 Å². The van der Waals surface area contributed by atoms with Gasteiger partial charge in [-0.3, -0.25) is 4.79 Å². The van der Waals surface area contributed by atoms with Gasteiger partial charge in [-0.15, -0.1) is 0 Å². The lowest BCUT2D eigenvalue weighted by Crippen LogP contribution is -2.35. The third-order valence-electron chi connectivity index (χ3n) is 1.59. The van der Waals surface area contributed by atoms with Crippen molar-refractivity contribution in [3.63, 3.8) is 0 Å². The Balaban J connectivity index is 3.60. The molecule has 0 heterocycles. The van der Waals surface area contributed by atoms with E-state index in [4.69, 9.17) is 0 Å². The van der Waals surface area contributed by atoms with Crippen LogP contribution in [0.3, 0.4) is 0 Å². The van der Waals surface area contributed by atoms with Crippen LogP contribution >= 0.6 is 11.8 Å². The normalized spacial score (nSPS) is 12.6. The van der Waals surface area contributed by atoms with Crippen LogP contribution in [-0.2, 0) is 9.53 Å². The van der Waals surface area contributed by atoms with Gasteiger partial charge in [-0.25, -0.2) is 0 Å². The first-order chi connectivity index (χ1) is 5.76. The largest absolute Gasteiger partial charge is 0.468 e. The van der Waals surface area contributed by atoms with Crippen LogP contribution < -0.4 is 5.32 Å². The van der Waals surface area contributed by atoms with Crippen molar-refractivity contribution in [1.82, 2.24) is 5.32 Å². The smallest absolute Gasteiger partial charge is 0.322 e. The lowest BCUT2D eigenvalue weighted by molar-refractivity contribution is -0.143. The number of hydrogen-bond donors (Lipinski definition) is 1. The summed E-state index contributed by atoms with van der Waals surface area (Å²) < 4.78 is 4.62. The molecule has 4 heteroatoms. The van der Waals surface area contributed by atoms with E-state index in [0.717, 1.165) is 17.9 Å². The Morgan fingerprint density at radius 3 is 2.75 bits per heavy atom. The second-order valence-corrected chi connectivity index (χ2v) is 3.74. The van der Waals surface area contributed by atoms with Gasteiger partial charge in [0.1, 0.15) is 6.04 Å². The minimum Gasteiger partial charge on any atom is -0.468 e. The summed E-state index contributed by atoms with van der Waals surface area (Å²) in [6, 6.07) is -0.144. The van der Waals surface area contributed by atoms with E-state index >= 15 is 0 Å². The van der Waals surface area contributed by atoms with Gasteiger partial charge in [0.25, 0.3) is 0 Å². The summed E-state index contributed by atoms with van der Waals surface area (Å²) in [6.07, 6.45) is 0.835. The second kappa shape index (κ2) is 7.43. The third-order valence-corrected chi connectivity index (χ3v) is 2.52. The molecule has 0 aliphatic carbocycles. The first-order valence-corrected chi connectivity index (χ1v) is 5.24. The molecule has 0 aromatic carbocycles. The quantitative estimate of drug-likeness (QED) is 0.500. The Morgan fingerprint density at radius 2 is 2.33 bits per heavy atom. The van der Waals surface area contributed by atoms with Gasteiger partial charge < -0.3 is 10.1 Å². The molecule has 0 rings (SSSR count). The molecule has 0 spiro atoms. The molecule has 0 fully saturated rings. The van der Waals surface area contributed by atoms with Crippen LogP contribution in [0.2, 0.25) is 0 Å². The highest BCUT2D eigenvalue weighted by atomic mass is 32.2. The minimum atomic E-state index is -0.172. The molecule has 0 radical (unpaired) electrons. The lowest BCUT2D eigenvalue weighted by Gasteiger charge is -2.12. The van der Waals surface area contributed by atoms with Crippen molar-refractivity contribution in [3.8, 4) is 0 Å². The van der Waals surface area contributed by atoms with E-state index in [9.17, 15) is 4.79 Å². The summed E-state index contributed by atoms with van der Waals surface area (Å²) in [5.74, 6) is 1.92. The van der Waals surface area contributed by atoms with E-state index in [1.54, 1.807) is 7.05 Å². The number of ether oxygens (including phenoxy) is 1. The average Bonchev–Trinajstić information content (AvgIpc) is 2.11. The number of hydrogen-bond acceptors (Lipinski definition) is 4. The maximum absolute atomic E-state index is 11.0. The standard InChI is InChI=1S/C8H17NO2S/c1-4-12-6-5-7(9-2)8(10)11-3/h7,9H,4-6H2,1-3H3. The number of esters is 1. The predicted molar refractivity (Wildman–Crippen MR) is 52.5 cm³/mol. The fourth-order valence-corrected chi connectivity index (χ4v) is 1.56. The Hall–Kier alpha value is -0.220. The van der Waals surface area contributed by atoms with Crippen molar-refractivity contribution >= 4 is 17.7 Å². The molecule has 0 amide bonds. The SMILES string of the molecule is CCSCCC(NC)C(=O)OC. The zero-order chi connectivity index (χ0) is 9.40. The number of nitrogens with one attached hydrogen (secondary N) is 1. The maximum Gasteiger partial charge on any atom is 0.322 e. The number of methoxy groups -OCH3 is 1. The summed E-state index contributed by atoms with van der Waals surface area (Å²) in [4.78, 5) is 11.0. The van der Waals surface area contributed by atoms with Crippen LogP contribution in [-0.4, -0.2) is 37.7 Å². The Labute approximate surface area is 78.2 Å². The molecule has 0 aromatic heterocycles. The number of rotatable bonds is 6.